The summed E-state index contributed by atoms with van der Waals surface area (Å²) in [6, 6.07) is 5.94. The van der Waals surface area contributed by atoms with E-state index in [0.717, 1.165) is 16.7 Å². The number of aliphatic hydroxyl groups excluding tert-OH is 1. The van der Waals surface area contributed by atoms with Crippen molar-refractivity contribution in [1.29, 1.82) is 0 Å². The average Bonchev–Trinajstić information content (AvgIpc) is 2.26. The molecular weight excluding hydrogens is 216 g/mol. The maximum atomic E-state index is 11.2. The van der Waals surface area contributed by atoms with Crippen LogP contribution in [0.3, 0.4) is 0 Å². The second-order valence-electron chi connectivity index (χ2n) is 4.67. The van der Waals surface area contributed by atoms with Crippen molar-refractivity contribution < 1.29 is 15.0 Å². The third kappa shape index (κ3) is 3.30. The molecule has 3 heteroatoms. The van der Waals surface area contributed by atoms with Gasteiger partial charge in [0.25, 0.3) is 0 Å². The van der Waals surface area contributed by atoms with Gasteiger partial charge in [0.1, 0.15) is 0 Å². The van der Waals surface area contributed by atoms with E-state index in [4.69, 9.17) is 5.11 Å². The SMILES string of the molecule is Cc1ccc(C(C)C)cc1C(CCO)C(=O)O. The molecule has 0 amide bonds. The predicted octanol–water partition coefficient (Wildman–Crippen LogP) is 2.67. The number of carboxylic acid groups (broad SMARTS) is 1. The van der Waals surface area contributed by atoms with E-state index in [0.29, 0.717) is 5.92 Å². The molecular formula is C14H20O3. The molecule has 1 rings (SSSR count). The van der Waals surface area contributed by atoms with Gasteiger partial charge in [0.2, 0.25) is 0 Å². The Morgan fingerprint density at radius 1 is 1.35 bits per heavy atom. The molecule has 0 heterocycles. The maximum absolute atomic E-state index is 11.2. The molecule has 2 N–H and O–H groups in total. The Bertz CT molecular complexity index is 396. The minimum absolute atomic E-state index is 0.109. The van der Waals surface area contributed by atoms with Gasteiger partial charge in [-0.05, 0) is 36.0 Å². The van der Waals surface area contributed by atoms with Crippen LogP contribution in [-0.4, -0.2) is 22.8 Å². The molecule has 0 spiro atoms. The van der Waals surface area contributed by atoms with Crippen molar-refractivity contribution in [3.05, 3.63) is 34.9 Å². The second kappa shape index (κ2) is 5.82. The van der Waals surface area contributed by atoms with Crippen LogP contribution in [-0.2, 0) is 4.79 Å². The number of hydrogen-bond donors (Lipinski definition) is 2. The maximum Gasteiger partial charge on any atom is 0.311 e. The van der Waals surface area contributed by atoms with Crippen molar-refractivity contribution in [2.24, 2.45) is 0 Å². The quantitative estimate of drug-likeness (QED) is 0.826. The van der Waals surface area contributed by atoms with E-state index in [-0.39, 0.29) is 13.0 Å². The molecule has 1 unspecified atom stereocenters. The summed E-state index contributed by atoms with van der Waals surface area (Å²) >= 11 is 0. The highest BCUT2D eigenvalue weighted by Crippen LogP contribution is 2.27. The lowest BCUT2D eigenvalue weighted by Gasteiger charge is -2.17. The lowest BCUT2D eigenvalue weighted by atomic mass is 9.88. The molecule has 17 heavy (non-hydrogen) atoms. The van der Waals surface area contributed by atoms with Gasteiger partial charge in [-0.1, -0.05) is 32.0 Å². The first-order valence-corrected chi connectivity index (χ1v) is 5.91. The van der Waals surface area contributed by atoms with Gasteiger partial charge in [0.05, 0.1) is 5.92 Å². The number of rotatable bonds is 5. The molecule has 3 nitrogen and oxygen atoms in total. The zero-order chi connectivity index (χ0) is 13.0. The summed E-state index contributed by atoms with van der Waals surface area (Å²) in [5, 5.41) is 18.2. The first-order valence-electron chi connectivity index (χ1n) is 5.91. The van der Waals surface area contributed by atoms with Gasteiger partial charge in [-0.2, -0.15) is 0 Å². The van der Waals surface area contributed by atoms with Crippen LogP contribution in [0.25, 0.3) is 0 Å². The van der Waals surface area contributed by atoms with Crippen LogP contribution in [0, 0.1) is 6.92 Å². The minimum atomic E-state index is -0.872. The van der Waals surface area contributed by atoms with Gasteiger partial charge in [-0.25, -0.2) is 0 Å². The lowest BCUT2D eigenvalue weighted by molar-refractivity contribution is -0.139. The van der Waals surface area contributed by atoms with Crippen LogP contribution in [0.5, 0.6) is 0 Å². The monoisotopic (exact) mass is 236 g/mol. The molecule has 1 aromatic rings. The first kappa shape index (κ1) is 13.7. The van der Waals surface area contributed by atoms with Crippen LogP contribution in [0.4, 0.5) is 0 Å². The van der Waals surface area contributed by atoms with Gasteiger partial charge in [0.15, 0.2) is 0 Å². The molecule has 0 fully saturated rings. The fraction of sp³-hybridized carbons (Fsp3) is 0.500. The standard InChI is InChI=1S/C14H20O3/c1-9(2)11-5-4-10(3)13(8-11)12(6-7-15)14(16)17/h4-5,8-9,12,15H,6-7H2,1-3H3,(H,16,17). The Morgan fingerprint density at radius 2 is 2.00 bits per heavy atom. The summed E-state index contributed by atoms with van der Waals surface area (Å²) in [6.07, 6.45) is 0.262. The Balaban J connectivity index is 3.16. The van der Waals surface area contributed by atoms with E-state index in [2.05, 4.69) is 13.8 Å². The summed E-state index contributed by atoms with van der Waals surface area (Å²) in [4.78, 5) is 11.2. The number of aryl methyl sites for hydroxylation is 1. The normalized spacial score (nSPS) is 12.8. The topological polar surface area (TPSA) is 57.5 Å². The first-order chi connectivity index (χ1) is 7.97. The fourth-order valence-electron chi connectivity index (χ4n) is 1.93. The molecule has 0 radical (unpaired) electrons. The predicted molar refractivity (Wildman–Crippen MR) is 67.3 cm³/mol. The molecule has 0 bridgehead atoms. The van der Waals surface area contributed by atoms with Gasteiger partial charge >= 0.3 is 5.97 Å². The molecule has 0 saturated carbocycles. The Hall–Kier alpha value is -1.35. The minimum Gasteiger partial charge on any atom is -0.481 e. The van der Waals surface area contributed by atoms with Crippen molar-refractivity contribution in [3.63, 3.8) is 0 Å². The molecule has 0 aliphatic heterocycles. The van der Waals surface area contributed by atoms with E-state index in [1.165, 1.54) is 0 Å². The van der Waals surface area contributed by atoms with E-state index >= 15 is 0 Å². The van der Waals surface area contributed by atoms with E-state index < -0.39 is 11.9 Å². The van der Waals surface area contributed by atoms with Gasteiger partial charge in [-0.3, -0.25) is 4.79 Å². The summed E-state index contributed by atoms with van der Waals surface area (Å²) in [5.74, 6) is -1.11. The average molecular weight is 236 g/mol. The Morgan fingerprint density at radius 3 is 2.47 bits per heavy atom. The Labute approximate surface area is 102 Å². The second-order valence-corrected chi connectivity index (χ2v) is 4.67. The van der Waals surface area contributed by atoms with Crippen LogP contribution in [0.1, 0.15) is 48.8 Å². The number of benzene rings is 1. The summed E-state index contributed by atoms with van der Waals surface area (Å²) < 4.78 is 0. The molecule has 0 aliphatic carbocycles. The van der Waals surface area contributed by atoms with E-state index in [1.54, 1.807) is 0 Å². The van der Waals surface area contributed by atoms with Crippen LogP contribution >= 0.6 is 0 Å². The number of aliphatic hydroxyl groups is 1. The fourth-order valence-corrected chi connectivity index (χ4v) is 1.93. The highest BCUT2D eigenvalue weighted by Gasteiger charge is 2.21. The van der Waals surface area contributed by atoms with Crippen LogP contribution < -0.4 is 0 Å². The number of aliphatic carboxylic acids is 1. The van der Waals surface area contributed by atoms with Crippen molar-refractivity contribution in [1.82, 2.24) is 0 Å². The molecule has 94 valence electrons. The van der Waals surface area contributed by atoms with Crippen molar-refractivity contribution in [2.45, 2.75) is 39.0 Å². The number of carbonyl (C=O) groups is 1. The van der Waals surface area contributed by atoms with Crippen molar-refractivity contribution in [2.75, 3.05) is 6.61 Å². The third-order valence-corrected chi connectivity index (χ3v) is 3.06. The highest BCUT2D eigenvalue weighted by molar-refractivity contribution is 5.76. The number of hydrogen-bond acceptors (Lipinski definition) is 2. The van der Waals surface area contributed by atoms with Crippen LogP contribution in [0.2, 0.25) is 0 Å². The molecule has 1 atom stereocenters. The van der Waals surface area contributed by atoms with Crippen molar-refractivity contribution >= 4 is 5.97 Å². The van der Waals surface area contributed by atoms with Gasteiger partial charge < -0.3 is 10.2 Å². The smallest absolute Gasteiger partial charge is 0.311 e. The molecule has 1 aromatic carbocycles. The highest BCUT2D eigenvalue weighted by atomic mass is 16.4. The van der Waals surface area contributed by atoms with Crippen LogP contribution in [0.15, 0.2) is 18.2 Å². The largest absolute Gasteiger partial charge is 0.481 e. The zero-order valence-electron chi connectivity index (χ0n) is 10.6. The molecule has 0 aromatic heterocycles. The van der Waals surface area contributed by atoms with Gasteiger partial charge in [0, 0.05) is 6.61 Å². The van der Waals surface area contributed by atoms with Gasteiger partial charge in [-0.15, -0.1) is 0 Å². The summed E-state index contributed by atoms with van der Waals surface area (Å²) in [6.45, 7) is 5.96. The number of carboxylic acids is 1. The Kier molecular flexibility index (Phi) is 4.70. The van der Waals surface area contributed by atoms with E-state index in [9.17, 15) is 9.90 Å². The summed E-state index contributed by atoms with van der Waals surface area (Å²) in [7, 11) is 0. The summed E-state index contributed by atoms with van der Waals surface area (Å²) in [5.41, 5.74) is 2.92. The van der Waals surface area contributed by atoms with E-state index in [1.807, 2.05) is 25.1 Å². The molecule has 0 aliphatic rings. The lowest BCUT2D eigenvalue weighted by Crippen LogP contribution is -2.15. The molecule has 0 saturated heterocycles. The third-order valence-electron chi connectivity index (χ3n) is 3.06. The van der Waals surface area contributed by atoms with Crippen molar-refractivity contribution in [3.8, 4) is 0 Å². The zero-order valence-corrected chi connectivity index (χ0v) is 10.6.